The average Bonchev–Trinajstić information content (AvgIpc) is 2.51. The first kappa shape index (κ1) is 14.3. The van der Waals surface area contributed by atoms with Gasteiger partial charge in [0.1, 0.15) is 0 Å². The molecule has 2 aliphatic rings. The third-order valence-electron chi connectivity index (χ3n) is 5.35. The van der Waals surface area contributed by atoms with Crippen LogP contribution in [0.1, 0.15) is 59.8 Å². The van der Waals surface area contributed by atoms with E-state index >= 15 is 0 Å². The molecule has 3 nitrogen and oxygen atoms in total. The van der Waals surface area contributed by atoms with Gasteiger partial charge in [-0.3, -0.25) is 0 Å². The van der Waals surface area contributed by atoms with Gasteiger partial charge in [0.05, 0.1) is 17.3 Å². The second-order valence-electron chi connectivity index (χ2n) is 7.71. The van der Waals surface area contributed by atoms with Crippen LogP contribution in [0.4, 0.5) is 0 Å². The molecule has 0 aromatic rings. The van der Waals surface area contributed by atoms with Crippen LogP contribution in [0.5, 0.6) is 0 Å². The number of fused-ring (bicyclic) bond motifs is 1. The Morgan fingerprint density at radius 1 is 1.17 bits per heavy atom. The molecule has 0 heterocycles. The van der Waals surface area contributed by atoms with Crippen LogP contribution in [0.25, 0.3) is 0 Å². The van der Waals surface area contributed by atoms with Crippen LogP contribution in [0.2, 0.25) is 0 Å². The van der Waals surface area contributed by atoms with E-state index in [9.17, 15) is 15.3 Å². The highest BCUT2D eigenvalue weighted by Gasteiger charge is 2.59. The fourth-order valence-corrected chi connectivity index (χ4v) is 4.72. The molecule has 0 amide bonds. The summed E-state index contributed by atoms with van der Waals surface area (Å²) in [6, 6.07) is 0. The smallest absolute Gasteiger partial charge is 0.0657 e. The first-order valence-corrected chi connectivity index (χ1v) is 7.19. The van der Waals surface area contributed by atoms with Gasteiger partial charge >= 0.3 is 0 Å². The molecule has 0 spiro atoms. The largest absolute Gasteiger partial charge is 0.393 e. The average molecular weight is 256 g/mol. The highest BCUT2D eigenvalue weighted by molar-refractivity contribution is 5.09. The summed E-state index contributed by atoms with van der Waals surface area (Å²) < 4.78 is 0. The van der Waals surface area contributed by atoms with E-state index in [1.807, 2.05) is 20.8 Å². The van der Waals surface area contributed by atoms with Crippen molar-refractivity contribution in [1.82, 2.24) is 0 Å². The molecular weight excluding hydrogens is 228 g/mol. The van der Waals surface area contributed by atoms with Crippen molar-refractivity contribution in [2.24, 2.45) is 17.3 Å². The number of rotatable bonds is 2. The maximum atomic E-state index is 10.7. The third kappa shape index (κ3) is 2.33. The van der Waals surface area contributed by atoms with E-state index in [-0.39, 0.29) is 17.4 Å². The lowest BCUT2D eigenvalue weighted by Crippen LogP contribution is -2.54. The standard InChI is InChI=1S/C15H28O3/c1-13(2,17)9-10-5-7-14(3)11(16)6-8-15(4,18)12(10)14/h10-12,16-18H,5-9H2,1-4H3/t10-,11-,12-,14+,15+/m0/s1. The zero-order valence-electron chi connectivity index (χ0n) is 12.1. The Hall–Kier alpha value is -0.120. The highest BCUT2D eigenvalue weighted by Crippen LogP contribution is 2.59. The number of hydrogen-bond donors (Lipinski definition) is 3. The third-order valence-corrected chi connectivity index (χ3v) is 5.35. The van der Waals surface area contributed by atoms with Crippen LogP contribution >= 0.6 is 0 Å². The normalized spacial score (nSPS) is 49.2. The monoisotopic (exact) mass is 256 g/mol. The second-order valence-corrected chi connectivity index (χ2v) is 7.71. The van der Waals surface area contributed by atoms with Crippen molar-refractivity contribution in [1.29, 1.82) is 0 Å². The molecule has 2 rings (SSSR count). The van der Waals surface area contributed by atoms with Gasteiger partial charge in [0.15, 0.2) is 0 Å². The molecule has 5 atom stereocenters. The molecule has 0 radical (unpaired) electrons. The maximum Gasteiger partial charge on any atom is 0.0657 e. The van der Waals surface area contributed by atoms with Crippen molar-refractivity contribution in [3.63, 3.8) is 0 Å². The van der Waals surface area contributed by atoms with Crippen molar-refractivity contribution >= 4 is 0 Å². The van der Waals surface area contributed by atoms with Crippen LogP contribution in [-0.4, -0.2) is 32.6 Å². The predicted molar refractivity (Wildman–Crippen MR) is 71.1 cm³/mol. The molecule has 0 saturated heterocycles. The van der Waals surface area contributed by atoms with E-state index in [1.54, 1.807) is 0 Å². The molecule has 0 aliphatic heterocycles. The number of aliphatic hydroxyl groups excluding tert-OH is 1. The molecule has 2 saturated carbocycles. The fourth-order valence-electron chi connectivity index (χ4n) is 4.72. The molecule has 2 aliphatic carbocycles. The van der Waals surface area contributed by atoms with Gasteiger partial charge in [-0.25, -0.2) is 0 Å². The van der Waals surface area contributed by atoms with Crippen molar-refractivity contribution in [2.75, 3.05) is 0 Å². The van der Waals surface area contributed by atoms with Crippen LogP contribution in [0.3, 0.4) is 0 Å². The highest BCUT2D eigenvalue weighted by atomic mass is 16.3. The van der Waals surface area contributed by atoms with Crippen molar-refractivity contribution < 1.29 is 15.3 Å². The Kier molecular flexibility index (Phi) is 3.33. The topological polar surface area (TPSA) is 60.7 Å². The van der Waals surface area contributed by atoms with Crippen LogP contribution in [-0.2, 0) is 0 Å². The van der Waals surface area contributed by atoms with Crippen molar-refractivity contribution in [3.8, 4) is 0 Å². The molecule has 3 heteroatoms. The molecule has 18 heavy (non-hydrogen) atoms. The quantitative estimate of drug-likeness (QED) is 0.709. The molecule has 106 valence electrons. The lowest BCUT2D eigenvalue weighted by atomic mass is 9.58. The molecule has 0 aromatic carbocycles. The molecule has 2 fully saturated rings. The van der Waals surface area contributed by atoms with Gasteiger partial charge in [-0.2, -0.15) is 0 Å². The van der Waals surface area contributed by atoms with E-state index < -0.39 is 11.2 Å². The lowest BCUT2D eigenvalue weighted by molar-refractivity contribution is -0.152. The van der Waals surface area contributed by atoms with Crippen LogP contribution < -0.4 is 0 Å². The van der Waals surface area contributed by atoms with Gasteiger partial charge in [0, 0.05) is 0 Å². The Bertz CT molecular complexity index is 318. The second kappa shape index (κ2) is 4.19. The first-order chi connectivity index (χ1) is 8.06. The van der Waals surface area contributed by atoms with E-state index in [1.165, 1.54) is 0 Å². The van der Waals surface area contributed by atoms with Gasteiger partial charge in [0.25, 0.3) is 0 Å². The zero-order chi connectivity index (χ0) is 13.8. The summed E-state index contributed by atoms with van der Waals surface area (Å²) in [7, 11) is 0. The van der Waals surface area contributed by atoms with Gasteiger partial charge in [-0.1, -0.05) is 6.92 Å². The van der Waals surface area contributed by atoms with Crippen molar-refractivity contribution in [3.05, 3.63) is 0 Å². The van der Waals surface area contributed by atoms with Gasteiger partial charge in [-0.05, 0) is 70.1 Å². The summed E-state index contributed by atoms with van der Waals surface area (Å²) >= 11 is 0. The van der Waals surface area contributed by atoms with Gasteiger partial charge in [-0.15, -0.1) is 0 Å². The summed E-state index contributed by atoms with van der Waals surface area (Å²) in [5.41, 5.74) is -1.59. The van der Waals surface area contributed by atoms with Gasteiger partial charge < -0.3 is 15.3 Å². The first-order valence-electron chi connectivity index (χ1n) is 7.19. The zero-order valence-corrected chi connectivity index (χ0v) is 12.1. The maximum absolute atomic E-state index is 10.7. The fraction of sp³-hybridized carbons (Fsp3) is 1.00. The van der Waals surface area contributed by atoms with E-state index in [4.69, 9.17) is 0 Å². The molecule has 0 unspecified atom stereocenters. The van der Waals surface area contributed by atoms with E-state index in [2.05, 4.69) is 6.92 Å². The Labute approximate surface area is 110 Å². The Morgan fingerprint density at radius 3 is 2.33 bits per heavy atom. The SMILES string of the molecule is CC(C)(O)C[C@@H]1CC[C@]2(C)[C@@H](O)CC[C@@](C)(O)[C@@H]12. The van der Waals surface area contributed by atoms with Crippen LogP contribution in [0, 0.1) is 17.3 Å². The summed E-state index contributed by atoms with van der Waals surface area (Å²) in [5, 5.41) is 31.1. The summed E-state index contributed by atoms with van der Waals surface area (Å²) in [6.45, 7) is 7.68. The minimum Gasteiger partial charge on any atom is -0.393 e. The number of hydrogen-bond acceptors (Lipinski definition) is 3. The minimum absolute atomic E-state index is 0.0974. The van der Waals surface area contributed by atoms with E-state index in [0.717, 1.165) is 12.8 Å². The summed E-state index contributed by atoms with van der Waals surface area (Å²) in [6.07, 6.45) is 3.70. The van der Waals surface area contributed by atoms with Gasteiger partial charge in [0.2, 0.25) is 0 Å². The minimum atomic E-state index is -0.708. The molecule has 0 aromatic heterocycles. The molecular formula is C15H28O3. The van der Waals surface area contributed by atoms with Crippen molar-refractivity contribution in [2.45, 2.75) is 77.1 Å². The Morgan fingerprint density at radius 2 is 1.78 bits per heavy atom. The molecule has 0 bridgehead atoms. The van der Waals surface area contributed by atoms with E-state index in [0.29, 0.717) is 25.2 Å². The lowest BCUT2D eigenvalue weighted by Gasteiger charge is -2.51. The predicted octanol–water partition coefficient (Wildman–Crippen LogP) is 2.09. The Balaban J connectivity index is 2.27. The summed E-state index contributed by atoms with van der Waals surface area (Å²) in [5.74, 6) is 0.403. The summed E-state index contributed by atoms with van der Waals surface area (Å²) in [4.78, 5) is 0. The molecule has 3 N–H and O–H groups in total. The van der Waals surface area contributed by atoms with Crippen LogP contribution in [0.15, 0.2) is 0 Å². The number of aliphatic hydroxyl groups is 3.